The van der Waals surface area contributed by atoms with Crippen LogP contribution in [0.5, 0.6) is 0 Å². The number of carbonyl (C=O) groups is 5. The molecule has 0 aliphatic rings. The highest BCUT2D eigenvalue weighted by molar-refractivity contribution is 7.08. The Labute approximate surface area is 274 Å². The fourth-order valence-corrected chi connectivity index (χ4v) is 5.86. The van der Waals surface area contributed by atoms with Gasteiger partial charge < -0.3 is 25.7 Å². The standard InChI is InChI=1S/C35H47NO9S/c1-2-3-4-7-10-13-28(37)14-11-8-5-6-9-12-15-29(35(45,34(43)44)23-31(38)39)32(40)36-30(33(41)42)22-25-16-18-26(19-17-25)27-20-21-46-24-27/h12,15-21,24,29-30,45H,2-11,13-14,22-23H2,1H3,(H,36,40)(H,38,39)(H,41,42)(H,43,44)/t29-,30+,35+/m1/s1. The average Bonchev–Trinajstić information content (AvgIpc) is 3.55. The van der Waals surface area contributed by atoms with Gasteiger partial charge in [0.25, 0.3) is 0 Å². The third kappa shape index (κ3) is 13.3. The Morgan fingerprint density at radius 2 is 1.48 bits per heavy atom. The third-order valence-corrected chi connectivity index (χ3v) is 8.60. The van der Waals surface area contributed by atoms with Gasteiger partial charge in [-0.1, -0.05) is 81.9 Å². The number of aliphatic hydroxyl groups is 1. The third-order valence-electron chi connectivity index (χ3n) is 7.92. The number of allylic oxidation sites excluding steroid dienone is 1. The van der Waals surface area contributed by atoms with Gasteiger partial charge in [0, 0.05) is 19.3 Å². The number of Topliss-reactive ketones (excluding diaryl/α,β-unsaturated/α-hetero) is 1. The fourth-order valence-electron chi connectivity index (χ4n) is 5.19. The van der Waals surface area contributed by atoms with E-state index < -0.39 is 47.8 Å². The Hall–Kier alpha value is -3.83. The second-order valence-corrected chi connectivity index (χ2v) is 12.5. The van der Waals surface area contributed by atoms with E-state index in [-0.39, 0.29) is 12.2 Å². The fraction of sp³-hybridized carbons (Fsp3) is 0.514. The van der Waals surface area contributed by atoms with Crippen LogP contribution < -0.4 is 5.32 Å². The molecule has 1 amide bonds. The van der Waals surface area contributed by atoms with Crippen molar-refractivity contribution in [2.75, 3.05) is 0 Å². The van der Waals surface area contributed by atoms with Crippen LogP contribution >= 0.6 is 11.3 Å². The maximum atomic E-state index is 13.3. The number of carboxylic acids is 3. The number of amides is 1. The van der Waals surface area contributed by atoms with Gasteiger partial charge in [0.1, 0.15) is 11.8 Å². The SMILES string of the molecule is CCCCCCCC(=O)CCCCCCC=C[C@H](C(=O)N[C@@H](Cc1ccc(-c2ccsc2)cc1)C(=O)O)[C@@](O)(CC(=O)O)C(=O)O. The van der Waals surface area contributed by atoms with Gasteiger partial charge in [-0.2, -0.15) is 11.3 Å². The van der Waals surface area contributed by atoms with Gasteiger partial charge in [-0.05, 0) is 59.2 Å². The lowest BCUT2D eigenvalue weighted by Crippen LogP contribution is -2.55. The molecule has 46 heavy (non-hydrogen) atoms. The first-order chi connectivity index (χ1) is 22.0. The molecule has 10 nitrogen and oxygen atoms in total. The van der Waals surface area contributed by atoms with Crippen molar-refractivity contribution < 1.29 is 44.4 Å². The summed E-state index contributed by atoms with van der Waals surface area (Å²) in [6.45, 7) is 2.15. The molecule has 5 N–H and O–H groups in total. The molecule has 1 aromatic carbocycles. The van der Waals surface area contributed by atoms with Crippen LogP contribution in [0.15, 0.2) is 53.2 Å². The van der Waals surface area contributed by atoms with Crippen LogP contribution in [0.1, 0.15) is 96.0 Å². The Morgan fingerprint density at radius 3 is 2.02 bits per heavy atom. The molecular weight excluding hydrogens is 610 g/mol. The summed E-state index contributed by atoms with van der Waals surface area (Å²) in [5, 5.41) is 46.0. The minimum atomic E-state index is -3.01. The van der Waals surface area contributed by atoms with Gasteiger partial charge in [-0.25, -0.2) is 9.59 Å². The quantitative estimate of drug-likeness (QED) is 0.0644. The molecular formula is C35H47NO9S. The minimum Gasteiger partial charge on any atom is -0.481 e. The van der Waals surface area contributed by atoms with Crippen LogP contribution in [0.25, 0.3) is 11.1 Å². The summed E-state index contributed by atoms with van der Waals surface area (Å²) < 4.78 is 0. The van der Waals surface area contributed by atoms with Crippen molar-refractivity contribution in [3.63, 3.8) is 0 Å². The lowest BCUT2D eigenvalue weighted by molar-refractivity contribution is -0.172. The van der Waals surface area contributed by atoms with E-state index in [1.54, 1.807) is 23.5 Å². The zero-order chi connectivity index (χ0) is 34.0. The lowest BCUT2D eigenvalue weighted by Gasteiger charge is -2.29. The van der Waals surface area contributed by atoms with E-state index in [0.29, 0.717) is 31.2 Å². The van der Waals surface area contributed by atoms with Gasteiger partial charge in [-0.3, -0.25) is 14.4 Å². The van der Waals surface area contributed by atoms with Crippen LogP contribution in [0.4, 0.5) is 0 Å². The van der Waals surface area contributed by atoms with Crippen molar-refractivity contribution in [1.82, 2.24) is 5.32 Å². The Bertz CT molecular complexity index is 1290. The number of hydrogen-bond donors (Lipinski definition) is 5. The van der Waals surface area contributed by atoms with Crippen molar-refractivity contribution in [2.45, 2.75) is 108 Å². The Morgan fingerprint density at radius 1 is 0.848 bits per heavy atom. The number of thiophene rings is 1. The van der Waals surface area contributed by atoms with Crippen molar-refractivity contribution in [2.24, 2.45) is 5.92 Å². The summed E-state index contributed by atoms with van der Waals surface area (Å²) in [7, 11) is 0. The van der Waals surface area contributed by atoms with Crippen molar-refractivity contribution in [3.05, 3.63) is 58.8 Å². The highest BCUT2D eigenvalue weighted by Gasteiger charge is 2.49. The lowest BCUT2D eigenvalue weighted by atomic mass is 9.82. The van der Waals surface area contributed by atoms with E-state index in [4.69, 9.17) is 0 Å². The molecule has 3 atom stereocenters. The molecule has 252 valence electrons. The average molecular weight is 658 g/mol. The molecule has 2 rings (SSSR count). The van der Waals surface area contributed by atoms with Crippen LogP contribution in [0.2, 0.25) is 0 Å². The van der Waals surface area contributed by atoms with E-state index in [2.05, 4.69) is 12.2 Å². The number of benzene rings is 1. The molecule has 0 bridgehead atoms. The molecule has 0 radical (unpaired) electrons. The molecule has 2 aromatic rings. The summed E-state index contributed by atoms with van der Waals surface area (Å²) in [6, 6.07) is 7.61. The highest BCUT2D eigenvalue weighted by Crippen LogP contribution is 2.26. The zero-order valence-electron chi connectivity index (χ0n) is 26.5. The first-order valence-corrected chi connectivity index (χ1v) is 16.9. The summed E-state index contributed by atoms with van der Waals surface area (Å²) in [5.74, 6) is -7.62. The van der Waals surface area contributed by atoms with Crippen molar-refractivity contribution >= 4 is 40.9 Å². The van der Waals surface area contributed by atoms with Crippen LogP contribution in [0, 0.1) is 5.92 Å². The molecule has 0 aliphatic carbocycles. The van der Waals surface area contributed by atoms with Gasteiger partial charge >= 0.3 is 17.9 Å². The van der Waals surface area contributed by atoms with E-state index in [0.717, 1.165) is 62.1 Å². The molecule has 0 unspecified atom stereocenters. The minimum absolute atomic E-state index is 0.118. The van der Waals surface area contributed by atoms with E-state index in [1.165, 1.54) is 12.5 Å². The topological polar surface area (TPSA) is 178 Å². The Balaban J connectivity index is 1.99. The summed E-state index contributed by atoms with van der Waals surface area (Å²) in [5.41, 5.74) is -0.451. The van der Waals surface area contributed by atoms with E-state index in [1.807, 2.05) is 29.0 Å². The predicted octanol–water partition coefficient (Wildman–Crippen LogP) is 6.26. The number of aliphatic carboxylic acids is 3. The monoisotopic (exact) mass is 657 g/mol. The van der Waals surface area contributed by atoms with Gasteiger partial charge in [0.2, 0.25) is 5.91 Å². The van der Waals surface area contributed by atoms with E-state index >= 15 is 0 Å². The number of rotatable bonds is 24. The normalized spacial score (nSPS) is 14.0. The van der Waals surface area contributed by atoms with Crippen molar-refractivity contribution in [3.8, 4) is 11.1 Å². The molecule has 1 heterocycles. The second-order valence-electron chi connectivity index (χ2n) is 11.7. The first-order valence-electron chi connectivity index (χ1n) is 16.0. The number of ketones is 1. The smallest absolute Gasteiger partial charge is 0.337 e. The second kappa shape index (κ2) is 20.3. The van der Waals surface area contributed by atoms with Crippen LogP contribution in [0.3, 0.4) is 0 Å². The van der Waals surface area contributed by atoms with Crippen LogP contribution in [-0.2, 0) is 30.4 Å². The molecule has 1 aromatic heterocycles. The number of nitrogens with one attached hydrogen (secondary N) is 1. The number of carbonyl (C=O) groups excluding carboxylic acids is 2. The maximum Gasteiger partial charge on any atom is 0.337 e. The van der Waals surface area contributed by atoms with E-state index in [9.17, 15) is 44.4 Å². The molecule has 0 spiro atoms. The summed E-state index contributed by atoms with van der Waals surface area (Å²) in [6.07, 6.45) is 11.4. The molecule has 0 fully saturated rings. The van der Waals surface area contributed by atoms with Crippen molar-refractivity contribution in [1.29, 1.82) is 0 Å². The molecule has 0 saturated carbocycles. The van der Waals surface area contributed by atoms with Gasteiger partial charge in [0.05, 0.1) is 12.3 Å². The highest BCUT2D eigenvalue weighted by atomic mass is 32.1. The largest absolute Gasteiger partial charge is 0.481 e. The summed E-state index contributed by atoms with van der Waals surface area (Å²) >= 11 is 1.54. The maximum absolute atomic E-state index is 13.3. The van der Waals surface area contributed by atoms with Gasteiger partial charge in [0.15, 0.2) is 5.60 Å². The first kappa shape index (κ1) is 38.4. The molecule has 11 heteroatoms. The number of unbranched alkanes of at least 4 members (excludes halogenated alkanes) is 8. The molecule has 0 aliphatic heterocycles. The van der Waals surface area contributed by atoms with Gasteiger partial charge in [-0.15, -0.1) is 0 Å². The molecule has 0 saturated heterocycles. The zero-order valence-corrected chi connectivity index (χ0v) is 27.3. The number of carboxylic acid groups (broad SMARTS) is 3. The Kier molecular flexibility index (Phi) is 16.9. The summed E-state index contributed by atoms with van der Waals surface area (Å²) in [4.78, 5) is 60.9. The van der Waals surface area contributed by atoms with Crippen LogP contribution in [-0.4, -0.2) is 61.7 Å². The predicted molar refractivity (Wildman–Crippen MR) is 177 cm³/mol. The number of hydrogen-bond acceptors (Lipinski definition) is 7.